The van der Waals surface area contributed by atoms with Gasteiger partial charge in [0.25, 0.3) is 0 Å². The van der Waals surface area contributed by atoms with Gasteiger partial charge in [-0.25, -0.2) is 0 Å². The number of hydrogen-bond acceptors (Lipinski definition) is 1. The number of hydrogen-bond donors (Lipinski definition) is 0. The summed E-state index contributed by atoms with van der Waals surface area (Å²) in [5.41, 5.74) is 4.54. The van der Waals surface area contributed by atoms with Gasteiger partial charge < -0.3 is 0 Å². The minimum atomic E-state index is 0.151. The highest BCUT2D eigenvalue weighted by Crippen LogP contribution is 2.27. The van der Waals surface area contributed by atoms with E-state index >= 15 is 0 Å². The van der Waals surface area contributed by atoms with E-state index < -0.39 is 0 Å². The zero-order valence-corrected chi connectivity index (χ0v) is 10.6. The van der Waals surface area contributed by atoms with Crippen LogP contribution in [0, 0.1) is 0 Å². The average Bonchev–Trinajstić information content (AvgIpc) is 2.30. The lowest BCUT2D eigenvalue weighted by Crippen LogP contribution is -2.03. The van der Waals surface area contributed by atoms with Gasteiger partial charge in [0.05, 0.1) is 0 Å². The normalized spacial score (nSPS) is 11.6. The van der Waals surface area contributed by atoms with E-state index in [9.17, 15) is 4.79 Å². The molecular weight excluding hydrogens is 196 g/mol. The molecule has 0 N–H and O–H groups in total. The fourth-order valence-corrected chi connectivity index (χ4v) is 2.09. The van der Waals surface area contributed by atoms with Gasteiger partial charge in [0, 0.05) is 5.56 Å². The Hall–Kier alpha value is -1.37. The monoisotopic (exact) mass is 216 g/mol. The Kier molecular flexibility index (Phi) is 4.48. The van der Waals surface area contributed by atoms with Crippen molar-refractivity contribution in [2.45, 2.75) is 40.5 Å². The average molecular weight is 216 g/mol. The van der Waals surface area contributed by atoms with Crippen molar-refractivity contribution in [3.05, 3.63) is 41.0 Å². The summed E-state index contributed by atoms with van der Waals surface area (Å²) >= 11 is 0. The molecule has 0 aliphatic heterocycles. The van der Waals surface area contributed by atoms with Crippen LogP contribution in [0.4, 0.5) is 0 Å². The molecule has 0 aliphatic rings. The molecule has 0 aromatic heterocycles. The van der Waals surface area contributed by atoms with Gasteiger partial charge >= 0.3 is 0 Å². The summed E-state index contributed by atoms with van der Waals surface area (Å²) in [6.07, 6.45) is 4.04. The summed E-state index contributed by atoms with van der Waals surface area (Å²) in [6, 6.07) is 6.01. The Morgan fingerprint density at radius 3 is 2.44 bits per heavy atom. The third kappa shape index (κ3) is 2.41. The summed E-state index contributed by atoms with van der Waals surface area (Å²) < 4.78 is 0. The van der Waals surface area contributed by atoms with Crippen LogP contribution >= 0.6 is 0 Å². The molecule has 1 nitrogen and oxygen atoms in total. The Morgan fingerprint density at radius 1 is 1.31 bits per heavy atom. The predicted octanol–water partition coefficient (Wildman–Crippen LogP) is 4.26. The molecule has 0 fully saturated rings. The lowest BCUT2D eigenvalue weighted by atomic mass is 9.90. The minimum Gasteiger partial charge on any atom is -0.294 e. The van der Waals surface area contributed by atoms with Crippen LogP contribution in [-0.4, -0.2) is 5.78 Å². The molecule has 0 aliphatic carbocycles. The molecule has 0 atom stereocenters. The van der Waals surface area contributed by atoms with Crippen molar-refractivity contribution in [3.8, 4) is 0 Å². The second kappa shape index (κ2) is 5.64. The number of benzene rings is 1. The van der Waals surface area contributed by atoms with Crippen molar-refractivity contribution in [3.63, 3.8) is 0 Å². The summed E-state index contributed by atoms with van der Waals surface area (Å²) in [7, 11) is 0. The Labute approximate surface area is 98.2 Å². The SMILES string of the molecule is C/C=C(/CC)c1c(CC)cccc1C(C)=O. The standard InChI is InChI=1S/C15H20O/c1-5-12(6-2)15-13(7-3)9-8-10-14(15)11(4)16/h5,8-10H,6-7H2,1-4H3/b12-5-. The Bertz CT molecular complexity index is 413. The predicted molar refractivity (Wildman–Crippen MR) is 69.8 cm³/mol. The molecule has 1 rings (SSSR count). The first-order valence-electron chi connectivity index (χ1n) is 5.94. The largest absolute Gasteiger partial charge is 0.294 e. The number of ketones is 1. The van der Waals surface area contributed by atoms with Crippen LogP contribution in [-0.2, 0) is 6.42 Å². The molecule has 1 aromatic rings. The molecule has 0 bridgehead atoms. The second-order valence-electron chi connectivity index (χ2n) is 3.92. The second-order valence-corrected chi connectivity index (χ2v) is 3.92. The maximum absolute atomic E-state index is 11.6. The van der Waals surface area contributed by atoms with Gasteiger partial charge in [-0.15, -0.1) is 0 Å². The molecular formula is C15H20O. The first kappa shape index (κ1) is 12.7. The third-order valence-electron chi connectivity index (χ3n) is 2.96. The van der Waals surface area contributed by atoms with E-state index in [-0.39, 0.29) is 5.78 Å². The van der Waals surface area contributed by atoms with E-state index in [4.69, 9.17) is 0 Å². The smallest absolute Gasteiger partial charge is 0.160 e. The fraction of sp³-hybridized carbons (Fsp3) is 0.400. The van der Waals surface area contributed by atoms with Crippen molar-refractivity contribution in [1.29, 1.82) is 0 Å². The summed E-state index contributed by atoms with van der Waals surface area (Å²) in [6.45, 7) is 7.94. The summed E-state index contributed by atoms with van der Waals surface area (Å²) in [5, 5.41) is 0. The molecule has 1 heteroatoms. The van der Waals surface area contributed by atoms with Crippen LogP contribution < -0.4 is 0 Å². The Morgan fingerprint density at radius 2 is 2.00 bits per heavy atom. The molecule has 0 amide bonds. The van der Waals surface area contributed by atoms with Gasteiger partial charge in [-0.3, -0.25) is 4.79 Å². The highest BCUT2D eigenvalue weighted by molar-refractivity contribution is 5.99. The maximum atomic E-state index is 11.6. The molecule has 16 heavy (non-hydrogen) atoms. The van der Waals surface area contributed by atoms with Crippen molar-refractivity contribution in [2.24, 2.45) is 0 Å². The Balaban J connectivity index is 3.47. The molecule has 0 heterocycles. The number of Topliss-reactive ketones (excluding diaryl/α,β-unsaturated/α-hetero) is 1. The third-order valence-corrected chi connectivity index (χ3v) is 2.96. The molecule has 1 aromatic carbocycles. The molecule has 0 spiro atoms. The van der Waals surface area contributed by atoms with Gasteiger partial charge in [-0.05, 0) is 43.4 Å². The molecule has 0 saturated carbocycles. The fourth-order valence-electron chi connectivity index (χ4n) is 2.09. The van der Waals surface area contributed by atoms with E-state index in [1.807, 2.05) is 19.1 Å². The van der Waals surface area contributed by atoms with Crippen LogP contribution in [0.15, 0.2) is 24.3 Å². The number of carbonyl (C=O) groups excluding carboxylic acids is 1. The minimum absolute atomic E-state index is 0.151. The maximum Gasteiger partial charge on any atom is 0.160 e. The summed E-state index contributed by atoms with van der Waals surface area (Å²) in [5.74, 6) is 0.151. The number of carbonyl (C=O) groups is 1. The topological polar surface area (TPSA) is 17.1 Å². The van der Waals surface area contributed by atoms with E-state index in [1.54, 1.807) is 6.92 Å². The summed E-state index contributed by atoms with van der Waals surface area (Å²) in [4.78, 5) is 11.6. The first-order chi connectivity index (χ1) is 7.65. The highest BCUT2D eigenvalue weighted by atomic mass is 16.1. The van der Waals surface area contributed by atoms with Gasteiger partial charge in [-0.2, -0.15) is 0 Å². The van der Waals surface area contributed by atoms with Crippen LogP contribution in [0.5, 0.6) is 0 Å². The van der Waals surface area contributed by atoms with E-state index in [0.29, 0.717) is 0 Å². The van der Waals surface area contributed by atoms with E-state index in [0.717, 1.165) is 24.0 Å². The van der Waals surface area contributed by atoms with E-state index in [2.05, 4.69) is 26.0 Å². The first-order valence-corrected chi connectivity index (χ1v) is 5.94. The number of allylic oxidation sites excluding steroid dienone is 2. The zero-order valence-electron chi connectivity index (χ0n) is 10.6. The highest BCUT2D eigenvalue weighted by Gasteiger charge is 2.12. The van der Waals surface area contributed by atoms with Gasteiger partial charge in [0.15, 0.2) is 5.78 Å². The van der Waals surface area contributed by atoms with Crippen LogP contribution in [0.1, 0.15) is 55.6 Å². The molecule has 86 valence electrons. The molecule has 0 radical (unpaired) electrons. The van der Waals surface area contributed by atoms with Gasteiger partial charge in [0.2, 0.25) is 0 Å². The van der Waals surface area contributed by atoms with Gasteiger partial charge in [0.1, 0.15) is 0 Å². The lowest BCUT2D eigenvalue weighted by Gasteiger charge is -2.14. The lowest BCUT2D eigenvalue weighted by molar-refractivity contribution is 0.101. The molecule has 0 saturated heterocycles. The van der Waals surface area contributed by atoms with Crippen LogP contribution in [0.2, 0.25) is 0 Å². The van der Waals surface area contributed by atoms with Crippen molar-refractivity contribution >= 4 is 11.4 Å². The van der Waals surface area contributed by atoms with Crippen molar-refractivity contribution in [2.75, 3.05) is 0 Å². The number of aryl methyl sites for hydroxylation is 1. The van der Waals surface area contributed by atoms with Crippen LogP contribution in [0.3, 0.4) is 0 Å². The quantitative estimate of drug-likeness (QED) is 0.687. The van der Waals surface area contributed by atoms with Crippen molar-refractivity contribution < 1.29 is 4.79 Å². The van der Waals surface area contributed by atoms with Crippen LogP contribution in [0.25, 0.3) is 5.57 Å². The molecule has 0 unspecified atom stereocenters. The number of rotatable bonds is 4. The zero-order chi connectivity index (χ0) is 12.1. The van der Waals surface area contributed by atoms with Crippen molar-refractivity contribution in [1.82, 2.24) is 0 Å². The van der Waals surface area contributed by atoms with E-state index in [1.165, 1.54) is 11.1 Å². The van der Waals surface area contributed by atoms with Gasteiger partial charge in [-0.1, -0.05) is 38.1 Å².